The zero-order valence-corrected chi connectivity index (χ0v) is 16.3. The molecular formula is C24H17N5O2. The van der Waals surface area contributed by atoms with Crippen molar-refractivity contribution >= 4 is 23.2 Å². The van der Waals surface area contributed by atoms with Gasteiger partial charge in [0.15, 0.2) is 0 Å². The Morgan fingerprint density at radius 1 is 0.968 bits per heavy atom. The molecule has 3 aromatic rings. The second kappa shape index (κ2) is 7.79. The molecule has 2 aromatic carbocycles. The minimum atomic E-state index is -0.387. The van der Waals surface area contributed by atoms with Crippen molar-refractivity contribution in [3.8, 4) is 5.69 Å². The zero-order chi connectivity index (χ0) is 21.2. The number of imidazole rings is 1. The van der Waals surface area contributed by atoms with Crippen molar-refractivity contribution in [2.75, 3.05) is 5.32 Å². The molecule has 1 unspecified atom stereocenters. The number of nitrogens with one attached hydrogen (secondary N) is 1. The first-order chi connectivity index (χ1) is 15.2. The molecule has 150 valence electrons. The Hall–Kier alpha value is -4.39. The van der Waals surface area contributed by atoms with Crippen LogP contribution in [-0.4, -0.2) is 21.4 Å². The van der Waals surface area contributed by atoms with Crippen molar-refractivity contribution in [3.63, 3.8) is 0 Å². The highest BCUT2D eigenvalue weighted by Gasteiger charge is 2.27. The van der Waals surface area contributed by atoms with Crippen molar-refractivity contribution in [1.29, 1.82) is 0 Å². The number of amides is 2. The molecule has 0 saturated carbocycles. The van der Waals surface area contributed by atoms with Crippen LogP contribution in [0.5, 0.6) is 0 Å². The summed E-state index contributed by atoms with van der Waals surface area (Å²) in [6, 6.07) is 14.6. The summed E-state index contributed by atoms with van der Waals surface area (Å²) in [7, 11) is 0. The maximum atomic E-state index is 12.6. The van der Waals surface area contributed by atoms with E-state index in [1.54, 1.807) is 24.7 Å². The Kier molecular flexibility index (Phi) is 4.68. The average molecular weight is 407 g/mol. The Balaban J connectivity index is 1.32. The van der Waals surface area contributed by atoms with Crippen LogP contribution >= 0.6 is 0 Å². The fraction of sp³-hybridized carbons (Fsp3) is 0.0417. The number of fused-ring (bicyclic) bond motifs is 1. The van der Waals surface area contributed by atoms with Crippen molar-refractivity contribution in [2.24, 2.45) is 16.1 Å². The quantitative estimate of drug-likeness (QED) is 0.687. The number of carbonyl (C=O) groups is 2. The first-order valence-electron chi connectivity index (χ1n) is 9.74. The fourth-order valence-electron chi connectivity index (χ4n) is 3.54. The van der Waals surface area contributed by atoms with E-state index in [2.05, 4.69) is 20.5 Å². The summed E-state index contributed by atoms with van der Waals surface area (Å²) in [6.45, 7) is 0. The minimum absolute atomic E-state index is 0.199. The molecule has 0 bridgehead atoms. The SMILES string of the molecule is O=C(Nc1ccc(C2=C3C=CC=CC3C(=O)N=N2)cc1)c1ccc(-n2ccnc2)cc1. The topological polar surface area (TPSA) is 88.7 Å². The van der Waals surface area contributed by atoms with E-state index in [0.717, 1.165) is 16.8 Å². The molecule has 1 aliphatic carbocycles. The van der Waals surface area contributed by atoms with E-state index >= 15 is 0 Å². The van der Waals surface area contributed by atoms with Crippen molar-refractivity contribution < 1.29 is 9.59 Å². The van der Waals surface area contributed by atoms with Gasteiger partial charge in [-0.3, -0.25) is 9.59 Å². The monoisotopic (exact) mass is 407 g/mol. The van der Waals surface area contributed by atoms with Crippen molar-refractivity contribution in [2.45, 2.75) is 0 Å². The molecule has 31 heavy (non-hydrogen) atoms. The van der Waals surface area contributed by atoms with E-state index in [4.69, 9.17) is 0 Å². The number of carbonyl (C=O) groups excluding carboxylic acids is 2. The van der Waals surface area contributed by atoms with Gasteiger partial charge in [-0.25, -0.2) is 4.98 Å². The van der Waals surface area contributed by atoms with Crippen LogP contribution in [-0.2, 0) is 4.79 Å². The molecule has 0 saturated heterocycles. The number of benzene rings is 2. The Labute approximate surface area is 178 Å². The van der Waals surface area contributed by atoms with Crippen LogP contribution in [0.3, 0.4) is 0 Å². The van der Waals surface area contributed by atoms with Gasteiger partial charge in [-0.05, 0) is 42.0 Å². The number of hydrogen-bond donors (Lipinski definition) is 1. The molecule has 7 nitrogen and oxygen atoms in total. The summed E-state index contributed by atoms with van der Waals surface area (Å²) in [5, 5.41) is 10.8. The number of aromatic nitrogens is 2. The van der Waals surface area contributed by atoms with Gasteiger partial charge in [0.25, 0.3) is 11.8 Å². The summed E-state index contributed by atoms with van der Waals surface area (Å²) < 4.78 is 1.87. The summed E-state index contributed by atoms with van der Waals surface area (Å²) >= 11 is 0. The molecule has 0 spiro atoms. The molecule has 7 heteroatoms. The highest BCUT2D eigenvalue weighted by atomic mass is 16.2. The van der Waals surface area contributed by atoms with E-state index in [9.17, 15) is 9.59 Å². The lowest BCUT2D eigenvalue weighted by molar-refractivity contribution is -0.119. The zero-order valence-electron chi connectivity index (χ0n) is 16.3. The van der Waals surface area contributed by atoms with Gasteiger partial charge in [-0.2, -0.15) is 0 Å². The van der Waals surface area contributed by atoms with Crippen molar-refractivity contribution in [3.05, 3.63) is 108 Å². The van der Waals surface area contributed by atoms with Gasteiger partial charge in [-0.15, -0.1) is 10.2 Å². The molecule has 2 amide bonds. The van der Waals surface area contributed by atoms with E-state index < -0.39 is 0 Å². The molecular weight excluding hydrogens is 390 g/mol. The maximum Gasteiger partial charge on any atom is 0.276 e. The van der Waals surface area contributed by atoms with E-state index in [0.29, 0.717) is 16.9 Å². The number of allylic oxidation sites excluding steroid dienone is 3. The summed E-state index contributed by atoms with van der Waals surface area (Å²) in [5.74, 6) is -0.847. The van der Waals surface area contributed by atoms with Crippen LogP contribution in [0.4, 0.5) is 5.69 Å². The summed E-state index contributed by atoms with van der Waals surface area (Å²) in [5.41, 5.74) is 4.48. The molecule has 1 aromatic heterocycles. The van der Waals surface area contributed by atoms with Crippen LogP contribution in [0, 0.1) is 5.92 Å². The Morgan fingerprint density at radius 2 is 1.77 bits per heavy atom. The van der Waals surface area contributed by atoms with Gasteiger partial charge in [0.2, 0.25) is 0 Å². The molecule has 2 aliphatic rings. The third-order valence-electron chi connectivity index (χ3n) is 5.16. The molecule has 1 N–H and O–H groups in total. The van der Waals surface area contributed by atoms with E-state index in [1.807, 2.05) is 71.5 Å². The van der Waals surface area contributed by atoms with Crippen LogP contribution < -0.4 is 5.32 Å². The number of anilines is 1. The second-order valence-electron chi connectivity index (χ2n) is 7.11. The smallest absolute Gasteiger partial charge is 0.276 e. The molecule has 1 aliphatic heterocycles. The fourth-order valence-corrected chi connectivity index (χ4v) is 3.54. The number of azo groups is 1. The lowest BCUT2D eigenvalue weighted by atomic mass is 9.89. The first-order valence-corrected chi connectivity index (χ1v) is 9.74. The van der Waals surface area contributed by atoms with Crippen molar-refractivity contribution in [1.82, 2.24) is 9.55 Å². The summed E-state index contributed by atoms with van der Waals surface area (Å²) in [6.07, 6.45) is 12.7. The van der Waals surface area contributed by atoms with Gasteiger partial charge < -0.3 is 9.88 Å². The predicted molar refractivity (Wildman–Crippen MR) is 117 cm³/mol. The predicted octanol–water partition coefficient (Wildman–Crippen LogP) is 4.57. The minimum Gasteiger partial charge on any atom is -0.322 e. The average Bonchev–Trinajstić information content (AvgIpc) is 3.35. The Morgan fingerprint density at radius 3 is 2.52 bits per heavy atom. The normalized spacial score (nSPS) is 17.0. The largest absolute Gasteiger partial charge is 0.322 e. The second-order valence-corrected chi connectivity index (χ2v) is 7.11. The lowest BCUT2D eigenvalue weighted by Gasteiger charge is -2.19. The third-order valence-corrected chi connectivity index (χ3v) is 5.16. The van der Waals surface area contributed by atoms with Gasteiger partial charge in [0.05, 0.1) is 17.9 Å². The Bertz CT molecular complexity index is 1260. The van der Waals surface area contributed by atoms with E-state index in [-0.39, 0.29) is 17.7 Å². The number of nitrogens with zero attached hydrogens (tertiary/aromatic N) is 4. The van der Waals surface area contributed by atoms with Crippen LogP contribution in [0.15, 0.2) is 107 Å². The van der Waals surface area contributed by atoms with Gasteiger partial charge in [-0.1, -0.05) is 36.4 Å². The van der Waals surface area contributed by atoms with Crippen LogP contribution in [0.1, 0.15) is 15.9 Å². The van der Waals surface area contributed by atoms with Crippen LogP contribution in [0.25, 0.3) is 11.4 Å². The highest BCUT2D eigenvalue weighted by molar-refractivity contribution is 6.04. The first kappa shape index (κ1) is 18.6. The molecule has 1 atom stereocenters. The third kappa shape index (κ3) is 3.64. The van der Waals surface area contributed by atoms with E-state index in [1.165, 1.54) is 0 Å². The summed E-state index contributed by atoms with van der Waals surface area (Å²) in [4.78, 5) is 28.6. The van der Waals surface area contributed by atoms with Gasteiger partial charge in [0.1, 0.15) is 0 Å². The molecule has 0 fully saturated rings. The number of rotatable bonds is 4. The number of hydrogen-bond acceptors (Lipinski definition) is 4. The van der Waals surface area contributed by atoms with Gasteiger partial charge in [0, 0.05) is 34.9 Å². The lowest BCUT2D eigenvalue weighted by Crippen LogP contribution is -2.17. The maximum absolute atomic E-state index is 12.6. The molecule has 2 heterocycles. The standard InChI is InChI=1S/C24H17N5O2/c30-23(17-7-11-19(12-8-17)29-14-13-25-15-29)26-18-9-5-16(6-10-18)22-20-3-1-2-4-21(20)24(31)28-27-22/h1-15,21H,(H,26,30). The highest BCUT2D eigenvalue weighted by Crippen LogP contribution is 2.34. The molecule has 0 radical (unpaired) electrons. The molecule has 5 rings (SSSR count). The van der Waals surface area contributed by atoms with Crippen LogP contribution in [0.2, 0.25) is 0 Å². The van der Waals surface area contributed by atoms with Gasteiger partial charge >= 0.3 is 0 Å².